The number of nitrogens with one attached hydrogen (secondary N) is 2. The molecule has 2 amide bonds. The molecule has 0 radical (unpaired) electrons. The van der Waals surface area contributed by atoms with Crippen LogP contribution in [0.2, 0.25) is 0 Å². The second-order valence-corrected chi connectivity index (χ2v) is 4.88. The van der Waals surface area contributed by atoms with Gasteiger partial charge < -0.3 is 15.5 Å². The smallest absolute Gasteiger partial charge is 0.329 e. The number of carbonyl (C=O) groups is 1. The Balaban J connectivity index is 1.88. The van der Waals surface area contributed by atoms with E-state index in [0.29, 0.717) is 6.54 Å². The molecule has 2 atom stereocenters. The molecule has 0 saturated carbocycles. The lowest BCUT2D eigenvalue weighted by molar-refractivity contribution is -0.123. The first-order chi connectivity index (χ1) is 8.47. The van der Waals surface area contributed by atoms with Crippen molar-refractivity contribution in [1.82, 2.24) is 15.5 Å². The van der Waals surface area contributed by atoms with Crippen molar-refractivity contribution in [3.05, 3.63) is 0 Å². The van der Waals surface area contributed by atoms with Gasteiger partial charge in [0.25, 0.3) is 0 Å². The summed E-state index contributed by atoms with van der Waals surface area (Å²) in [5.74, 6) is 0. The molecule has 2 N–H and O–H groups in total. The Hall–Kier alpha value is -0.980. The van der Waals surface area contributed by atoms with Crippen LogP contribution in [-0.4, -0.2) is 48.8 Å². The first-order valence-corrected chi connectivity index (χ1v) is 6.32. The van der Waals surface area contributed by atoms with Crippen LogP contribution < -0.4 is 10.6 Å². The van der Waals surface area contributed by atoms with Crippen LogP contribution in [0.15, 0.2) is 0 Å². The van der Waals surface area contributed by atoms with Gasteiger partial charge in [0.15, 0.2) is 0 Å². The van der Waals surface area contributed by atoms with E-state index < -0.39 is 18.8 Å². The zero-order valence-corrected chi connectivity index (χ0v) is 10.1. The molecule has 0 spiro atoms. The fraction of sp³-hybridized carbons (Fsp3) is 0.909. The van der Waals surface area contributed by atoms with Gasteiger partial charge in [0, 0.05) is 18.6 Å². The summed E-state index contributed by atoms with van der Waals surface area (Å²) in [5.41, 5.74) is 0. The Morgan fingerprint density at radius 2 is 2.11 bits per heavy atom. The average molecular weight is 265 g/mol. The predicted molar refractivity (Wildman–Crippen MR) is 60.2 cm³/mol. The Bertz CT molecular complexity index is 302. The first kappa shape index (κ1) is 13.5. The normalized spacial score (nSPS) is 28.7. The Labute approximate surface area is 104 Å². The minimum Gasteiger partial charge on any atom is -0.329 e. The summed E-state index contributed by atoms with van der Waals surface area (Å²) in [6, 6.07) is -0.312. The third-order valence-electron chi connectivity index (χ3n) is 3.56. The van der Waals surface area contributed by atoms with Crippen molar-refractivity contribution >= 4 is 6.03 Å². The van der Waals surface area contributed by atoms with E-state index in [2.05, 4.69) is 5.32 Å². The van der Waals surface area contributed by atoms with Crippen LogP contribution in [0.25, 0.3) is 0 Å². The van der Waals surface area contributed by atoms with Crippen molar-refractivity contribution in [3.63, 3.8) is 0 Å². The van der Waals surface area contributed by atoms with E-state index in [4.69, 9.17) is 0 Å². The highest BCUT2D eigenvalue weighted by Crippen LogP contribution is 2.25. The van der Waals surface area contributed by atoms with Crippen LogP contribution in [0, 0.1) is 0 Å². The largest absolute Gasteiger partial charge is 0.405 e. The molecule has 2 saturated heterocycles. The number of rotatable bonds is 2. The van der Waals surface area contributed by atoms with Gasteiger partial charge in [-0.05, 0) is 32.2 Å². The molecular weight excluding hydrogens is 247 g/mol. The zero-order chi connectivity index (χ0) is 13.2. The third-order valence-corrected chi connectivity index (χ3v) is 3.56. The molecule has 0 aliphatic carbocycles. The van der Waals surface area contributed by atoms with Gasteiger partial charge in [-0.3, -0.25) is 0 Å². The number of alkyl halides is 3. The number of amides is 2. The van der Waals surface area contributed by atoms with Crippen LogP contribution in [0.4, 0.5) is 18.0 Å². The lowest BCUT2D eigenvalue weighted by Crippen LogP contribution is -2.51. The zero-order valence-electron chi connectivity index (χ0n) is 10.1. The topological polar surface area (TPSA) is 44.4 Å². The molecule has 104 valence electrons. The van der Waals surface area contributed by atoms with Crippen LogP contribution >= 0.6 is 0 Å². The highest BCUT2D eigenvalue weighted by Gasteiger charge is 2.37. The molecule has 2 heterocycles. The lowest BCUT2D eigenvalue weighted by atomic mass is 10.0. The number of hydrogen-bond donors (Lipinski definition) is 2. The van der Waals surface area contributed by atoms with Crippen molar-refractivity contribution in [2.75, 3.05) is 19.6 Å². The number of likely N-dealkylation sites (tertiary alicyclic amines) is 1. The van der Waals surface area contributed by atoms with Gasteiger partial charge in [-0.15, -0.1) is 0 Å². The van der Waals surface area contributed by atoms with Gasteiger partial charge in [-0.2, -0.15) is 13.2 Å². The molecule has 0 aromatic carbocycles. The van der Waals surface area contributed by atoms with Crippen molar-refractivity contribution in [3.8, 4) is 0 Å². The maximum atomic E-state index is 12.1. The maximum absolute atomic E-state index is 12.1. The van der Waals surface area contributed by atoms with E-state index in [0.717, 1.165) is 32.2 Å². The lowest BCUT2D eigenvalue weighted by Gasteiger charge is -2.29. The van der Waals surface area contributed by atoms with Crippen LogP contribution in [0.5, 0.6) is 0 Å². The second kappa shape index (κ2) is 5.34. The van der Waals surface area contributed by atoms with Gasteiger partial charge in [0.2, 0.25) is 0 Å². The summed E-state index contributed by atoms with van der Waals surface area (Å²) in [4.78, 5) is 13.3. The van der Waals surface area contributed by atoms with Gasteiger partial charge in [-0.1, -0.05) is 0 Å². The van der Waals surface area contributed by atoms with Gasteiger partial charge >= 0.3 is 12.2 Å². The highest BCUT2D eigenvalue weighted by atomic mass is 19.4. The maximum Gasteiger partial charge on any atom is 0.405 e. The number of hydrogen-bond acceptors (Lipinski definition) is 2. The molecule has 18 heavy (non-hydrogen) atoms. The molecule has 7 heteroatoms. The molecule has 0 aromatic heterocycles. The van der Waals surface area contributed by atoms with E-state index in [1.165, 1.54) is 0 Å². The van der Waals surface area contributed by atoms with Gasteiger partial charge in [0.1, 0.15) is 6.54 Å². The Morgan fingerprint density at radius 1 is 1.33 bits per heavy atom. The molecule has 0 bridgehead atoms. The Kier molecular flexibility index (Phi) is 3.99. The van der Waals surface area contributed by atoms with E-state index in [1.54, 1.807) is 4.90 Å². The van der Waals surface area contributed by atoms with Gasteiger partial charge in [-0.25, -0.2) is 4.79 Å². The minimum atomic E-state index is -4.35. The molecule has 0 aromatic rings. The molecule has 2 aliphatic heterocycles. The fourth-order valence-electron chi connectivity index (χ4n) is 2.78. The number of carbonyl (C=O) groups excluding carboxylic acids is 1. The van der Waals surface area contributed by atoms with Crippen molar-refractivity contribution in [1.29, 1.82) is 0 Å². The first-order valence-electron chi connectivity index (χ1n) is 6.32. The van der Waals surface area contributed by atoms with Gasteiger partial charge in [0.05, 0.1) is 0 Å². The van der Waals surface area contributed by atoms with Crippen LogP contribution in [-0.2, 0) is 0 Å². The SMILES string of the molecule is O=C(NCC(F)(F)F)N1CCCC1C1CCCN1. The molecule has 2 unspecified atom stereocenters. The summed E-state index contributed by atoms with van der Waals surface area (Å²) < 4.78 is 36.2. The Morgan fingerprint density at radius 3 is 2.72 bits per heavy atom. The molecule has 2 aliphatic rings. The van der Waals surface area contributed by atoms with Crippen LogP contribution in [0.3, 0.4) is 0 Å². The van der Waals surface area contributed by atoms with E-state index in [9.17, 15) is 18.0 Å². The standard InChI is InChI=1S/C11H18F3N3O/c12-11(13,14)7-16-10(18)17-6-2-4-9(17)8-3-1-5-15-8/h8-9,15H,1-7H2,(H,16,18). The second-order valence-electron chi connectivity index (χ2n) is 4.88. The van der Waals surface area contributed by atoms with E-state index in [-0.39, 0.29) is 12.1 Å². The van der Waals surface area contributed by atoms with Crippen molar-refractivity contribution < 1.29 is 18.0 Å². The highest BCUT2D eigenvalue weighted by molar-refractivity contribution is 5.75. The number of halogens is 3. The average Bonchev–Trinajstić information content (AvgIpc) is 2.94. The fourth-order valence-corrected chi connectivity index (χ4v) is 2.78. The monoisotopic (exact) mass is 265 g/mol. The quantitative estimate of drug-likeness (QED) is 0.794. The summed E-state index contributed by atoms with van der Waals surface area (Å²) in [6.07, 6.45) is -0.553. The molecule has 2 fully saturated rings. The predicted octanol–water partition coefficient (Wildman–Crippen LogP) is 1.47. The van der Waals surface area contributed by atoms with Crippen molar-refractivity contribution in [2.24, 2.45) is 0 Å². The summed E-state index contributed by atoms with van der Waals surface area (Å²) in [5, 5.41) is 5.26. The van der Waals surface area contributed by atoms with E-state index in [1.807, 2.05) is 5.32 Å². The molecule has 2 rings (SSSR count). The molecule has 4 nitrogen and oxygen atoms in total. The van der Waals surface area contributed by atoms with Crippen molar-refractivity contribution in [2.45, 2.75) is 43.9 Å². The number of urea groups is 1. The van der Waals surface area contributed by atoms with Crippen LogP contribution in [0.1, 0.15) is 25.7 Å². The molecular formula is C11H18F3N3O. The summed E-state index contributed by atoms with van der Waals surface area (Å²) in [6.45, 7) is 0.221. The summed E-state index contributed by atoms with van der Waals surface area (Å²) >= 11 is 0. The minimum absolute atomic E-state index is 0.0423. The third kappa shape index (κ3) is 3.28. The van der Waals surface area contributed by atoms with E-state index >= 15 is 0 Å². The number of nitrogens with zero attached hydrogens (tertiary/aromatic N) is 1. The summed E-state index contributed by atoms with van der Waals surface area (Å²) in [7, 11) is 0.